The van der Waals surface area contributed by atoms with Crippen LogP contribution in [0.3, 0.4) is 0 Å². The number of carbonyl (C=O) groups is 1. The molecule has 0 bridgehead atoms. The monoisotopic (exact) mass is 486 g/mol. The molecule has 0 saturated carbocycles. The van der Waals surface area contributed by atoms with Crippen LogP contribution in [0, 0.1) is 0 Å². The van der Waals surface area contributed by atoms with Crippen molar-refractivity contribution >= 4 is 5.78 Å². The van der Waals surface area contributed by atoms with Crippen LogP contribution in [0.1, 0.15) is 36.1 Å². The lowest BCUT2D eigenvalue weighted by molar-refractivity contribution is -0.117. The highest BCUT2D eigenvalue weighted by atomic mass is 19.3. The zero-order chi connectivity index (χ0) is 25.7. The molecule has 0 amide bonds. The molecule has 0 unspecified atom stereocenters. The molecule has 184 valence electrons. The minimum atomic E-state index is -3.33. The lowest BCUT2D eigenvalue weighted by Crippen LogP contribution is -2.27. The van der Waals surface area contributed by atoms with Gasteiger partial charge in [-0.25, -0.2) is 0 Å². The number of rotatable bonds is 9. The average Bonchev–Trinajstić information content (AvgIpc) is 2.89. The first-order valence-electron chi connectivity index (χ1n) is 11.9. The van der Waals surface area contributed by atoms with Gasteiger partial charge in [0.25, 0.3) is 5.92 Å². The van der Waals surface area contributed by atoms with E-state index in [1.54, 1.807) is 12.4 Å². The number of nitrogens with zero attached hydrogens (tertiary/aromatic N) is 2. The Morgan fingerprint density at radius 3 is 2.00 bits per heavy atom. The van der Waals surface area contributed by atoms with Crippen LogP contribution < -0.4 is 0 Å². The van der Waals surface area contributed by atoms with Gasteiger partial charge in [0.05, 0.1) is 11.4 Å². The fraction of sp³-hybridized carbons (Fsp3) is 0.233. The number of benzene rings is 3. The SMILES string of the molecule is CCc1ccccc1-c1nccnc1-c1ccc(CC(=O)Cc2ccc(C(F)(F)[C@H](C)O)cc2)cc1. The fourth-order valence-electron chi connectivity index (χ4n) is 4.19. The number of aliphatic hydroxyl groups is 1. The lowest BCUT2D eigenvalue weighted by Gasteiger charge is -2.19. The first-order valence-corrected chi connectivity index (χ1v) is 11.9. The van der Waals surface area contributed by atoms with E-state index >= 15 is 0 Å². The minimum Gasteiger partial charge on any atom is -0.387 e. The Morgan fingerprint density at radius 1 is 0.861 bits per heavy atom. The van der Waals surface area contributed by atoms with Crippen LogP contribution in [0.25, 0.3) is 22.5 Å². The molecule has 3 aromatic carbocycles. The molecule has 4 aromatic rings. The van der Waals surface area contributed by atoms with Crippen molar-refractivity contribution in [2.45, 2.75) is 45.1 Å². The Hall–Kier alpha value is -3.77. The van der Waals surface area contributed by atoms with Gasteiger partial charge < -0.3 is 5.11 Å². The van der Waals surface area contributed by atoms with E-state index < -0.39 is 12.0 Å². The van der Waals surface area contributed by atoms with Crippen molar-refractivity contribution in [3.8, 4) is 22.5 Å². The van der Waals surface area contributed by atoms with Gasteiger partial charge in [-0.3, -0.25) is 14.8 Å². The summed E-state index contributed by atoms with van der Waals surface area (Å²) in [5.74, 6) is -3.35. The molecule has 36 heavy (non-hydrogen) atoms. The third-order valence-electron chi connectivity index (χ3n) is 6.25. The van der Waals surface area contributed by atoms with Gasteiger partial charge in [0.2, 0.25) is 0 Å². The summed E-state index contributed by atoms with van der Waals surface area (Å²) in [4.78, 5) is 21.8. The molecule has 4 rings (SSSR count). The van der Waals surface area contributed by atoms with Gasteiger partial charge in [-0.05, 0) is 30.0 Å². The zero-order valence-corrected chi connectivity index (χ0v) is 20.3. The molecule has 0 saturated heterocycles. The van der Waals surface area contributed by atoms with E-state index in [2.05, 4.69) is 29.0 Å². The predicted octanol–water partition coefficient (Wildman–Crippen LogP) is 6.20. The van der Waals surface area contributed by atoms with Crippen molar-refractivity contribution in [1.82, 2.24) is 9.97 Å². The lowest BCUT2D eigenvalue weighted by atomic mass is 9.96. The molecule has 4 nitrogen and oxygen atoms in total. The van der Waals surface area contributed by atoms with Crippen molar-refractivity contribution in [1.29, 1.82) is 0 Å². The Bertz CT molecular complexity index is 1330. The minimum absolute atomic E-state index is 0.0187. The summed E-state index contributed by atoms with van der Waals surface area (Å²) in [6, 6.07) is 21.4. The Kier molecular flexibility index (Phi) is 7.65. The highest BCUT2D eigenvalue weighted by Gasteiger charge is 2.37. The molecular formula is C30H28F2N2O2. The van der Waals surface area contributed by atoms with Gasteiger partial charge in [0.1, 0.15) is 11.9 Å². The first kappa shape index (κ1) is 25.3. The molecule has 1 atom stereocenters. The number of Topliss-reactive ketones (excluding diaryl/α,β-unsaturated/α-hetero) is 1. The maximum atomic E-state index is 13.9. The number of ketones is 1. The van der Waals surface area contributed by atoms with E-state index in [0.717, 1.165) is 41.4 Å². The number of carbonyl (C=O) groups excluding carboxylic acids is 1. The molecule has 1 heterocycles. The molecule has 0 aliphatic heterocycles. The van der Waals surface area contributed by atoms with E-state index in [-0.39, 0.29) is 24.2 Å². The van der Waals surface area contributed by atoms with Crippen molar-refractivity contribution in [3.05, 3.63) is 107 Å². The standard InChI is InChI=1S/C30H28F2N2O2/c1-3-23-6-4-5-7-27(23)29-28(33-16-17-34-29)24-12-8-21(9-13-24)18-26(36)19-22-10-14-25(15-11-22)30(31,32)20(2)35/h4-17,20,35H,3,18-19H2,1-2H3/t20-/m0/s1. The number of aliphatic hydroxyl groups excluding tert-OH is 1. The quantitative estimate of drug-likeness (QED) is 0.306. The highest BCUT2D eigenvalue weighted by Crippen LogP contribution is 2.32. The molecule has 0 aliphatic carbocycles. The van der Waals surface area contributed by atoms with E-state index in [0.29, 0.717) is 5.56 Å². The van der Waals surface area contributed by atoms with Gasteiger partial charge in [-0.1, -0.05) is 79.7 Å². The van der Waals surface area contributed by atoms with Crippen LogP contribution in [-0.2, 0) is 30.0 Å². The summed E-state index contributed by atoms with van der Waals surface area (Å²) in [7, 11) is 0. The maximum absolute atomic E-state index is 13.9. The summed E-state index contributed by atoms with van der Waals surface area (Å²) < 4.78 is 27.9. The van der Waals surface area contributed by atoms with Gasteiger partial charge in [-0.2, -0.15) is 8.78 Å². The second-order valence-electron chi connectivity index (χ2n) is 8.85. The Morgan fingerprint density at radius 2 is 1.42 bits per heavy atom. The average molecular weight is 487 g/mol. The molecule has 1 N–H and O–H groups in total. The van der Waals surface area contributed by atoms with Crippen LogP contribution >= 0.6 is 0 Å². The van der Waals surface area contributed by atoms with Crippen molar-refractivity contribution in [3.63, 3.8) is 0 Å². The molecule has 6 heteroatoms. The number of aryl methyl sites for hydroxylation is 1. The van der Waals surface area contributed by atoms with Crippen molar-refractivity contribution < 1.29 is 18.7 Å². The molecular weight excluding hydrogens is 458 g/mol. The fourth-order valence-corrected chi connectivity index (χ4v) is 4.19. The summed E-state index contributed by atoms with van der Waals surface area (Å²) in [6.45, 7) is 3.16. The van der Waals surface area contributed by atoms with Gasteiger partial charge >= 0.3 is 0 Å². The third-order valence-corrected chi connectivity index (χ3v) is 6.25. The second kappa shape index (κ2) is 10.9. The molecule has 1 aromatic heterocycles. The number of alkyl halides is 2. The molecule has 0 fully saturated rings. The summed E-state index contributed by atoms with van der Waals surface area (Å²) in [5.41, 5.74) is 6.02. The Balaban J connectivity index is 1.47. The van der Waals surface area contributed by atoms with E-state index in [4.69, 9.17) is 0 Å². The van der Waals surface area contributed by atoms with E-state index in [9.17, 15) is 18.7 Å². The summed E-state index contributed by atoms with van der Waals surface area (Å²) >= 11 is 0. The Labute approximate surface area is 209 Å². The van der Waals surface area contributed by atoms with Crippen LogP contribution in [0.4, 0.5) is 8.78 Å². The van der Waals surface area contributed by atoms with Crippen LogP contribution in [-0.4, -0.2) is 27.0 Å². The predicted molar refractivity (Wildman–Crippen MR) is 137 cm³/mol. The second-order valence-corrected chi connectivity index (χ2v) is 8.85. The van der Waals surface area contributed by atoms with E-state index in [1.807, 2.05) is 36.4 Å². The molecule has 0 radical (unpaired) electrons. The summed E-state index contributed by atoms with van der Waals surface area (Å²) in [6.07, 6.45) is 2.84. The molecule has 0 spiro atoms. The first-order chi connectivity index (χ1) is 17.3. The van der Waals surface area contributed by atoms with Crippen molar-refractivity contribution in [2.75, 3.05) is 0 Å². The van der Waals surface area contributed by atoms with Gasteiger partial charge in [0, 0.05) is 41.9 Å². The van der Waals surface area contributed by atoms with Crippen LogP contribution in [0.5, 0.6) is 0 Å². The highest BCUT2D eigenvalue weighted by molar-refractivity contribution is 5.84. The number of hydrogen-bond acceptors (Lipinski definition) is 4. The van der Waals surface area contributed by atoms with E-state index in [1.165, 1.54) is 29.8 Å². The summed E-state index contributed by atoms with van der Waals surface area (Å²) in [5, 5.41) is 9.29. The topological polar surface area (TPSA) is 63.1 Å². The number of hydrogen-bond donors (Lipinski definition) is 1. The third kappa shape index (κ3) is 5.55. The van der Waals surface area contributed by atoms with Crippen LogP contribution in [0.2, 0.25) is 0 Å². The number of halogens is 2. The molecule has 0 aliphatic rings. The normalized spacial score (nSPS) is 12.4. The largest absolute Gasteiger partial charge is 0.387 e. The van der Waals surface area contributed by atoms with Gasteiger partial charge in [0.15, 0.2) is 0 Å². The zero-order valence-electron chi connectivity index (χ0n) is 20.3. The van der Waals surface area contributed by atoms with Crippen LogP contribution in [0.15, 0.2) is 85.2 Å². The van der Waals surface area contributed by atoms with Gasteiger partial charge in [-0.15, -0.1) is 0 Å². The smallest absolute Gasteiger partial charge is 0.298 e. The van der Waals surface area contributed by atoms with Crippen molar-refractivity contribution in [2.24, 2.45) is 0 Å². The maximum Gasteiger partial charge on any atom is 0.298 e. The number of aromatic nitrogens is 2.